The van der Waals surface area contributed by atoms with Gasteiger partial charge in [0.25, 0.3) is 0 Å². The van der Waals surface area contributed by atoms with Crippen molar-refractivity contribution in [1.29, 1.82) is 0 Å². The Morgan fingerprint density at radius 2 is 1.62 bits per heavy atom. The lowest BCUT2D eigenvalue weighted by atomic mass is 10.1. The average Bonchev–Trinajstić information content (AvgIpc) is 2.64. The van der Waals surface area contributed by atoms with Crippen molar-refractivity contribution in [2.24, 2.45) is 0 Å². The number of hydrogen-bond acceptors (Lipinski definition) is 4. The molecule has 0 fully saturated rings. The van der Waals surface area contributed by atoms with Gasteiger partial charge in [-0.1, -0.05) is 66.4 Å². The van der Waals surface area contributed by atoms with Gasteiger partial charge in [0.15, 0.2) is 0 Å². The van der Waals surface area contributed by atoms with Crippen molar-refractivity contribution < 1.29 is 18.0 Å². The number of rotatable bonds is 5. The van der Waals surface area contributed by atoms with Crippen LogP contribution in [0.3, 0.4) is 0 Å². The van der Waals surface area contributed by atoms with Crippen molar-refractivity contribution in [3.8, 4) is 11.3 Å². The van der Waals surface area contributed by atoms with Gasteiger partial charge in [-0.15, -0.1) is 10.2 Å². The predicted octanol–water partition coefficient (Wildman–Crippen LogP) is 4.07. The summed E-state index contributed by atoms with van der Waals surface area (Å²) >= 11 is 1.06. The Morgan fingerprint density at radius 3 is 2.31 bits per heavy atom. The van der Waals surface area contributed by atoms with Crippen LogP contribution in [0, 0.1) is 0 Å². The summed E-state index contributed by atoms with van der Waals surface area (Å²) in [5.41, 5.74) is 1.63. The number of aromatic nitrogens is 2. The highest BCUT2D eigenvalue weighted by Crippen LogP contribution is 2.31. The summed E-state index contributed by atoms with van der Waals surface area (Å²) in [7, 11) is 0. The summed E-state index contributed by atoms with van der Waals surface area (Å²) in [4.78, 5) is 11.6. The van der Waals surface area contributed by atoms with Gasteiger partial charge >= 0.3 is 6.18 Å². The fourth-order valence-corrected chi connectivity index (χ4v) is 3.18. The van der Waals surface area contributed by atoms with Gasteiger partial charge in [-0.25, -0.2) is 0 Å². The molecule has 2 aromatic carbocycles. The van der Waals surface area contributed by atoms with E-state index in [1.54, 1.807) is 0 Å². The Bertz CT molecular complexity index is 916. The van der Waals surface area contributed by atoms with Gasteiger partial charge in [0.2, 0.25) is 5.91 Å². The van der Waals surface area contributed by atoms with Crippen molar-refractivity contribution >= 4 is 28.4 Å². The van der Waals surface area contributed by atoms with E-state index in [0.29, 0.717) is 10.7 Å². The molecule has 0 bridgehead atoms. The molecule has 0 spiro atoms. The number of carbonyl (C=O) groups is 1. The van der Waals surface area contributed by atoms with Crippen molar-refractivity contribution in [2.75, 3.05) is 12.3 Å². The molecule has 4 nitrogen and oxygen atoms in total. The summed E-state index contributed by atoms with van der Waals surface area (Å²) in [5.74, 6) is -0.871. The average molecular weight is 377 g/mol. The lowest BCUT2D eigenvalue weighted by Crippen LogP contribution is -2.34. The summed E-state index contributed by atoms with van der Waals surface area (Å²) in [6, 6.07) is 17.0. The molecule has 134 valence electrons. The molecular formula is C18H14F3N3OS. The van der Waals surface area contributed by atoms with E-state index >= 15 is 0 Å². The van der Waals surface area contributed by atoms with Crippen molar-refractivity contribution in [2.45, 2.75) is 11.2 Å². The number of halogens is 3. The molecule has 1 aromatic heterocycles. The SMILES string of the molecule is O=C(CSc1nnc(-c2ccccc2)c2ccccc12)NCC(F)(F)F. The second kappa shape index (κ2) is 7.74. The highest BCUT2D eigenvalue weighted by Gasteiger charge is 2.27. The maximum absolute atomic E-state index is 12.1. The number of alkyl halides is 3. The summed E-state index contributed by atoms with van der Waals surface area (Å²) in [5, 5.41) is 12.4. The van der Waals surface area contributed by atoms with Crippen LogP contribution in [-0.4, -0.2) is 34.6 Å². The third-order valence-corrected chi connectivity index (χ3v) is 4.51. The van der Waals surface area contributed by atoms with Crippen LogP contribution in [0.5, 0.6) is 0 Å². The summed E-state index contributed by atoms with van der Waals surface area (Å²) < 4.78 is 36.4. The van der Waals surface area contributed by atoms with Crippen molar-refractivity contribution in [1.82, 2.24) is 15.5 Å². The Morgan fingerprint density at radius 1 is 0.962 bits per heavy atom. The largest absolute Gasteiger partial charge is 0.405 e. The van der Waals surface area contributed by atoms with Gasteiger partial charge in [-0.2, -0.15) is 13.2 Å². The van der Waals surface area contributed by atoms with E-state index in [9.17, 15) is 18.0 Å². The molecule has 3 aromatic rings. The number of benzene rings is 2. The Labute approximate surface area is 151 Å². The molecule has 0 radical (unpaired) electrons. The molecule has 1 N–H and O–H groups in total. The molecule has 1 heterocycles. The predicted molar refractivity (Wildman–Crippen MR) is 94.8 cm³/mol. The van der Waals surface area contributed by atoms with Crippen LogP contribution < -0.4 is 5.32 Å². The van der Waals surface area contributed by atoms with Gasteiger partial charge in [0.05, 0.1) is 5.75 Å². The fourth-order valence-electron chi connectivity index (χ4n) is 2.38. The monoisotopic (exact) mass is 377 g/mol. The number of nitrogens with one attached hydrogen (secondary N) is 1. The molecule has 0 atom stereocenters. The number of nitrogens with zero attached hydrogens (tertiary/aromatic N) is 2. The van der Waals surface area contributed by atoms with Gasteiger partial charge in [-0.3, -0.25) is 4.79 Å². The van der Waals surface area contributed by atoms with E-state index < -0.39 is 18.6 Å². The molecule has 8 heteroatoms. The molecule has 0 saturated carbocycles. The molecule has 0 aliphatic rings. The smallest absolute Gasteiger partial charge is 0.346 e. The number of hydrogen-bond donors (Lipinski definition) is 1. The van der Waals surface area contributed by atoms with E-state index in [1.807, 2.05) is 59.9 Å². The van der Waals surface area contributed by atoms with Crippen molar-refractivity contribution in [3.63, 3.8) is 0 Å². The first-order chi connectivity index (χ1) is 12.4. The normalized spacial score (nSPS) is 11.5. The standard InChI is InChI=1S/C18H14F3N3OS/c19-18(20,21)11-22-15(25)10-26-17-14-9-5-4-8-13(14)16(23-24-17)12-6-2-1-3-7-12/h1-9H,10-11H2,(H,22,25). The van der Waals surface area contributed by atoms with Gasteiger partial charge in [-0.05, 0) is 0 Å². The maximum atomic E-state index is 12.1. The number of fused-ring (bicyclic) bond motifs is 1. The zero-order valence-corrected chi connectivity index (χ0v) is 14.3. The zero-order chi connectivity index (χ0) is 18.6. The van der Waals surface area contributed by atoms with Gasteiger partial charge < -0.3 is 5.32 Å². The van der Waals surface area contributed by atoms with Crippen LogP contribution in [-0.2, 0) is 4.79 Å². The highest BCUT2D eigenvalue weighted by molar-refractivity contribution is 8.00. The van der Waals surface area contributed by atoms with Crippen LogP contribution in [0.1, 0.15) is 0 Å². The molecule has 26 heavy (non-hydrogen) atoms. The summed E-state index contributed by atoms with van der Waals surface area (Å²) in [6.07, 6.45) is -4.43. The number of thioether (sulfide) groups is 1. The molecule has 0 unspecified atom stereocenters. The van der Waals surface area contributed by atoms with E-state index in [-0.39, 0.29) is 5.75 Å². The van der Waals surface area contributed by atoms with Crippen molar-refractivity contribution in [3.05, 3.63) is 54.6 Å². The topological polar surface area (TPSA) is 54.9 Å². The van der Waals surface area contributed by atoms with E-state index in [2.05, 4.69) is 10.2 Å². The minimum absolute atomic E-state index is 0.167. The molecule has 0 saturated heterocycles. The van der Waals surface area contributed by atoms with Crippen LogP contribution >= 0.6 is 11.8 Å². The molecule has 0 aliphatic carbocycles. The molecule has 3 rings (SSSR count). The third kappa shape index (κ3) is 4.51. The van der Waals surface area contributed by atoms with E-state index in [4.69, 9.17) is 0 Å². The lowest BCUT2D eigenvalue weighted by Gasteiger charge is -2.10. The quantitative estimate of drug-likeness (QED) is 0.681. The van der Waals surface area contributed by atoms with E-state index in [1.165, 1.54) is 0 Å². The highest BCUT2D eigenvalue weighted by atomic mass is 32.2. The van der Waals surface area contributed by atoms with Crippen LogP contribution in [0.15, 0.2) is 59.6 Å². The third-order valence-electron chi connectivity index (χ3n) is 3.53. The first kappa shape index (κ1) is 18.2. The Balaban J connectivity index is 1.81. The fraction of sp³-hybridized carbons (Fsp3) is 0.167. The first-order valence-corrected chi connectivity index (χ1v) is 8.70. The Kier molecular flexibility index (Phi) is 5.41. The van der Waals surface area contributed by atoms with Crippen LogP contribution in [0.2, 0.25) is 0 Å². The molecule has 0 aliphatic heterocycles. The molecule has 1 amide bonds. The molecular weight excluding hydrogens is 363 g/mol. The zero-order valence-electron chi connectivity index (χ0n) is 13.5. The number of carbonyl (C=O) groups excluding carboxylic acids is 1. The lowest BCUT2D eigenvalue weighted by molar-refractivity contribution is -0.136. The minimum Gasteiger partial charge on any atom is -0.346 e. The number of amides is 1. The van der Waals surface area contributed by atoms with E-state index in [0.717, 1.165) is 28.1 Å². The minimum atomic E-state index is -4.43. The second-order valence-electron chi connectivity index (χ2n) is 5.45. The maximum Gasteiger partial charge on any atom is 0.405 e. The Hall–Kier alpha value is -2.61. The van der Waals surface area contributed by atoms with Gasteiger partial charge in [0.1, 0.15) is 17.3 Å². The van der Waals surface area contributed by atoms with Crippen LogP contribution in [0.4, 0.5) is 13.2 Å². The summed E-state index contributed by atoms with van der Waals surface area (Å²) in [6.45, 7) is -1.34. The van der Waals surface area contributed by atoms with Crippen LogP contribution in [0.25, 0.3) is 22.0 Å². The van der Waals surface area contributed by atoms with Gasteiger partial charge in [0, 0.05) is 16.3 Å². The first-order valence-electron chi connectivity index (χ1n) is 7.71. The second-order valence-corrected chi connectivity index (χ2v) is 6.41.